The van der Waals surface area contributed by atoms with Crippen molar-refractivity contribution in [3.05, 3.63) is 64.4 Å². The van der Waals surface area contributed by atoms with Crippen molar-refractivity contribution in [2.45, 2.75) is 6.92 Å². The molecule has 0 bridgehead atoms. The summed E-state index contributed by atoms with van der Waals surface area (Å²) in [6, 6.07) is 11.7. The van der Waals surface area contributed by atoms with Crippen LogP contribution in [0.25, 0.3) is 11.0 Å². The molecule has 0 saturated carbocycles. The summed E-state index contributed by atoms with van der Waals surface area (Å²) < 4.78 is 10.2. The molecule has 0 aliphatic carbocycles. The number of hydrogen-bond acceptors (Lipinski definition) is 4. The third kappa shape index (κ3) is 3.12. The molecule has 1 N–H and O–H groups in total. The molecule has 0 fully saturated rings. The largest absolute Gasteiger partial charge is 0.465 e. The number of esters is 1. The van der Waals surface area contributed by atoms with E-state index in [4.69, 9.17) is 16.0 Å². The van der Waals surface area contributed by atoms with Crippen LogP contribution in [0.15, 0.2) is 46.9 Å². The van der Waals surface area contributed by atoms with Crippen molar-refractivity contribution in [1.29, 1.82) is 0 Å². The molecule has 0 aliphatic rings. The number of fused-ring (bicyclic) bond motifs is 1. The Morgan fingerprint density at radius 1 is 1.12 bits per heavy atom. The van der Waals surface area contributed by atoms with Gasteiger partial charge in [0, 0.05) is 16.1 Å². The number of furan rings is 1. The van der Waals surface area contributed by atoms with Crippen LogP contribution < -0.4 is 5.32 Å². The van der Waals surface area contributed by atoms with Crippen LogP contribution in [0.4, 0.5) is 5.69 Å². The topological polar surface area (TPSA) is 68.5 Å². The molecule has 1 aromatic heterocycles. The molecule has 122 valence electrons. The molecule has 0 unspecified atom stereocenters. The molecular weight excluding hydrogens is 330 g/mol. The quantitative estimate of drug-likeness (QED) is 0.714. The van der Waals surface area contributed by atoms with Crippen LogP contribution in [0.1, 0.15) is 26.5 Å². The summed E-state index contributed by atoms with van der Waals surface area (Å²) >= 11 is 5.93. The maximum absolute atomic E-state index is 12.4. The molecule has 0 atom stereocenters. The molecule has 2 aromatic carbocycles. The first kappa shape index (κ1) is 16.1. The summed E-state index contributed by atoms with van der Waals surface area (Å²) in [6.45, 7) is 1.79. The predicted octanol–water partition coefficient (Wildman–Crippen LogP) is 4.43. The van der Waals surface area contributed by atoms with E-state index in [1.54, 1.807) is 49.4 Å². The highest BCUT2D eigenvalue weighted by molar-refractivity contribution is 6.31. The smallest absolute Gasteiger partial charge is 0.337 e. The summed E-state index contributed by atoms with van der Waals surface area (Å²) in [5.74, 6) is -0.620. The molecule has 0 spiro atoms. The average Bonchev–Trinajstić information content (AvgIpc) is 2.99. The van der Waals surface area contributed by atoms with E-state index < -0.39 is 5.97 Å². The normalized spacial score (nSPS) is 10.6. The second-order valence-corrected chi connectivity index (χ2v) is 5.70. The van der Waals surface area contributed by atoms with E-state index in [1.165, 1.54) is 7.11 Å². The van der Waals surface area contributed by atoms with Gasteiger partial charge >= 0.3 is 5.97 Å². The average molecular weight is 344 g/mol. The lowest BCUT2D eigenvalue weighted by molar-refractivity contribution is 0.0600. The molecular formula is C18H14ClNO4. The summed E-state index contributed by atoms with van der Waals surface area (Å²) in [5, 5.41) is 4.10. The van der Waals surface area contributed by atoms with E-state index in [9.17, 15) is 9.59 Å². The lowest BCUT2D eigenvalue weighted by Crippen LogP contribution is -2.12. The van der Waals surface area contributed by atoms with E-state index >= 15 is 0 Å². The van der Waals surface area contributed by atoms with Crippen LogP contribution in [-0.4, -0.2) is 19.0 Å². The van der Waals surface area contributed by atoms with Gasteiger partial charge in [0.05, 0.1) is 12.7 Å². The second-order valence-electron chi connectivity index (χ2n) is 5.27. The van der Waals surface area contributed by atoms with Gasteiger partial charge in [-0.15, -0.1) is 0 Å². The van der Waals surface area contributed by atoms with Crippen molar-refractivity contribution >= 4 is 40.1 Å². The van der Waals surface area contributed by atoms with Crippen molar-refractivity contribution < 1.29 is 18.7 Å². The van der Waals surface area contributed by atoms with Gasteiger partial charge in [-0.25, -0.2) is 4.79 Å². The Bertz CT molecular complexity index is 945. The molecule has 3 rings (SSSR count). The fraction of sp³-hybridized carbons (Fsp3) is 0.111. The first-order chi connectivity index (χ1) is 11.5. The monoisotopic (exact) mass is 343 g/mol. The number of hydrogen-bond donors (Lipinski definition) is 1. The van der Waals surface area contributed by atoms with Crippen molar-refractivity contribution in [3.63, 3.8) is 0 Å². The van der Waals surface area contributed by atoms with E-state index in [0.29, 0.717) is 21.9 Å². The Labute approximate surface area is 143 Å². The van der Waals surface area contributed by atoms with Gasteiger partial charge in [0.15, 0.2) is 5.76 Å². The number of aryl methyl sites for hydroxylation is 1. The molecule has 0 aliphatic heterocycles. The summed E-state index contributed by atoms with van der Waals surface area (Å²) in [4.78, 5) is 23.9. The third-order valence-electron chi connectivity index (χ3n) is 3.60. The van der Waals surface area contributed by atoms with Crippen molar-refractivity contribution in [2.75, 3.05) is 12.4 Å². The first-order valence-corrected chi connectivity index (χ1v) is 7.55. The van der Waals surface area contributed by atoms with Crippen molar-refractivity contribution in [3.8, 4) is 0 Å². The molecule has 6 heteroatoms. The Balaban J connectivity index is 1.84. The second kappa shape index (κ2) is 6.37. The summed E-state index contributed by atoms with van der Waals surface area (Å²) in [5.41, 5.74) is 2.34. The first-order valence-electron chi connectivity index (χ1n) is 7.17. The SMILES string of the molecule is COC(=O)c1ccc(NC(=O)c2cc3cc(Cl)ccc3o2)c(C)c1. The Hall–Kier alpha value is -2.79. The zero-order chi connectivity index (χ0) is 17.3. The number of anilines is 1. The highest BCUT2D eigenvalue weighted by atomic mass is 35.5. The van der Waals surface area contributed by atoms with Gasteiger partial charge in [-0.2, -0.15) is 0 Å². The number of rotatable bonds is 3. The number of benzene rings is 2. The summed E-state index contributed by atoms with van der Waals surface area (Å²) in [6.07, 6.45) is 0. The maximum Gasteiger partial charge on any atom is 0.337 e. The molecule has 5 nitrogen and oxygen atoms in total. The van der Waals surface area contributed by atoms with Crippen LogP contribution in [0.5, 0.6) is 0 Å². The Morgan fingerprint density at radius 2 is 1.92 bits per heavy atom. The number of ether oxygens (including phenoxy) is 1. The van der Waals surface area contributed by atoms with Crippen LogP contribution in [-0.2, 0) is 4.74 Å². The lowest BCUT2D eigenvalue weighted by Gasteiger charge is -2.08. The Morgan fingerprint density at radius 3 is 2.62 bits per heavy atom. The van der Waals surface area contributed by atoms with Crippen LogP contribution in [0, 0.1) is 6.92 Å². The number of methoxy groups -OCH3 is 1. The Kier molecular flexibility index (Phi) is 4.27. The van der Waals surface area contributed by atoms with E-state index in [1.807, 2.05) is 0 Å². The lowest BCUT2D eigenvalue weighted by atomic mass is 10.1. The molecule has 3 aromatic rings. The highest BCUT2D eigenvalue weighted by Gasteiger charge is 2.15. The number of carbonyl (C=O) groups is 2. The molecule has 1 heterocycles. The van der Waals surface area contributed by atoms with E-state index in [0.717, 1.165) is 10.9 Å². The standard InChI is InChI=1S/C18H14ClNO4/c1-10-7-11(18(22)23-2)3-5-14(10)20-17(21)16-9-12-8-13(19)4-6-15(12)24-16/h3-9H,1-2H3,(H,20,21). The van der Waals surface area contributed by atoms with Crippen LogP contribution in [0.2, 0.25) is 5.02 Å². The van der Waals surface area contributed by atoms with Gasteiger partial charge in [-0.3, -0.25) is 4.79 Å². The molecule has 0 saturated heterocycles. The number of carbonyl (C=O) groups excluding carboxylic acids is 2. The van der Waals surface area contributed by atoms with Crippen molar-refractivity contribution in [1.82, 2.24) is 0 Å². The third-order valence-corrected chi connectivity index (χ3v) is 3.83. The number of nitrogens with one attached hydrogen (secondary N) is 1. The van der Waals surface area contributed by atoms with Gasteiger partial charge in [-0.1, -0.05) is 11.6 Å². The number of halogens is 1. The predicted molar refractivity (Wildman–Crippen MR) is 91.7 cm³/mol. The van der Waals surface area contributed by atoms with Crippen LogP contribution in [0.3, 0.4) is 0 Å². The van der Waals surface area contributed by atoms with E-state index in [2.05, 4.69) is 10.1 Å². The van der Waals surface area contributed by atoms with Crippen molar-refractivity contribution in [2.24, 2.45) is 0 Å². The molecule has 24 heavy (non-hydrogen) atoms. The molecule has 1 amide bonds. The minimum absolute atomic E-state index is 0.184. The fourth-order valence-corrected chi connectivity index (χ4v) is 2.54. The van der Waals surface area contributed by atoms with Gasteiger partial charge in [0.1, 0.15) is 5.58 Å². The molecule has 0 radical (unpaired) electrons. The zero-order valence-corrected chi connectivity index (χ0v) is 13.8. The minimum Gasteiger partial charge on any atom is -0.465 e. The van der Waals surface area contributed by atoms with Gasteiger partial charge in [0.2, 0.25) is 0 Å². The van der Waals surface area contributed by atoms with Gasteiger partial charge in [-0.05, 0) is 55.0 Å². The number of amides is 1. The van der Waals surface area contributed by atoms with Gasteiger partial charge in [0.25, 0.3) is 5.91 Å². The summed E-state index contributed by atoms with van der Waals surface area (Å²) in [7, 11) is 1.32. The van der Waals surface area contributed by atoms with Gasteiger partial charge < -0.3 is 14.5 Å². The zero-order valence-electron chi connectivity index (χ0n) is 13.1. The maximum atomic E-state index is 12.4. The minimum atomic E-state index is -0.426. The highest BCUT2D eigenvalue weighted by Crippen LogP contribution is 2.24. The van der Waals surface area contributed by atoms with Crippen LogP contribution >= 0.6 is 11.6 Å². The fourth-order valence-electron chi connectivity index (χ4n) is 2.36. The van der Waals surface area contributed by atoms with E-state index in [-0.39, 0.29) is 11.7 Å².